The number of nitrogens with zero attached hydrogens (tertiary/aromatic N) is 2. The van der Waals surface area contributed by atoms with Crippen molar-refractivity contribution in [2.24, 2.45) is 0 Å². The Morgan fingerprint density at radius 1 is 1.28 bits per heavy atom. The van der Waals surface area contributed by atoms with Crippen LogP contribution in [0.5, 0.6) is 0 Å². The number of carbonyl (C=O) groups excluding carboxylic acids is 2. The Morgan fingerprint density at radius 2 is 2.00 bits per heavy atom. The molecule has 2 heterocycles. The summed E-state index contributed by atoms with van der Waals surface area (Å²) < 4.78 is 11.2. The minimum atomic E-state index is -0.341. The minimum Gasteiger partial charge on any atom is -0.446 e. The van der Waals surface area contributed by atoms with Crippen LogP contribution in [0, 0.1) is 0 Å². The summed E-state index contributed by atoms with van der Waals surface area (Å²) in [5.74, 6) is 0.315. The lowest BCUT2D eigenvalue weighted by molar-refractivity contribution is -0.117. The molecule has 2 amide bonds. The molecular formula is C22H33N3O4. The van der Waals surface area contributed by atoms with Crippen LogP contribution in [0.2, 0.25) is 0 Å². The molecule has 2 aliphatic rings. The second kappa shape index (κ2) is 9.59. The Balaban J connectivity index is 1.94. The van der Waals surface area contributed by atoms with Crippen molar-refractivity contribution < 1.29 is 19.1 Å². The zero-order chi connectivity index (χ0) is 21.0. The third-order valence-electron chi connectivity index (χ3n) is 5.85. The molecule has 1 aromatic carbocycles. The first kappa shape index (κ1) is 21.6. The number of hydrogen-bond acceptors (Lipinski definition) is 5. The van der Waals surface area contributed by atoms with E-state index < -0.39 is 0 Å². The average Bonchev–Trinajstić information content (AvgIpc) is 2.71. The van der Waals surface area contributed by atoms with Crippen LogP contribution in [0.1, 0.15) is 51.5 Å². The summed E-state index contributed by atoms with van der Waals surface area (Å²) in [7, 11) is 1.94. The Hall–Kier alpha value is -2.12. The molecule has 0 saturated carbocycles. The quantitative estimate of drug-likeness (QED) is 0.817. The normalized spacial score (nSPS) is 20.9. The Labute approximate surface area is 173 Å². The molecule has 1 N–H and O–H groups in total. The smallest absolute Gasteiger partial charge is 0.414 e. The van der Waals surface area contributed by atoms with Crippen molar-refractivity contribution in [3.05, 3.63) is 23.8 Å². The van der Waals surface area contributed by atoms with Crippen molar-refractivity contribution in [3.8, 4) is 0 Å². The molecule has 0 spiro atoms. The molecule has 2 aliphatic heterocycles. The monoisotopic (exact) mass is 403 g/mol. The van der Waals surface area contributed by atoms with Crippen molar-refractivity contribution in [2.75, 3.05) is 43.2 Å². The maximum Gasteiger partial charge on any atom is 0.414 e. The van der Waals surface area contributed by atoms with Crippen molar-refractivity contribution in [1.82, 2.24) is 5.32 Å². The van der Waals surface area contributed by atoms with Gasteiger partial charge in [-0.05, 0) is 44.0 Å². The van der Waals surface area contributed by atoms with Gasteiger partial charge in [-0.3, -0.25) is 9.69 Å². The van der Waals surface area contributed by atoms with Crippen LogP contribution >= 0.6 is 0 Å². The topological polar surface area (TPSA) is 71.1 Å². The van der Waals surface area contributed by atoms with Gasteiger partial charge in [0.2, 0.25) is 5.91 Å². The molecule has 0 aromatic heterocycles. The molecular weight excluding hydrogens is 370 g/mol. The van der Waals surface area contributed by atoms with Crippen LogP contribution in [0.4, 0.5) is 16.2 Å². The number of likely N-dealkylation sites (N-methyl/N-ethyl adjacent to an activating group) is 1. The van der Waals surface area contributed by atoms with Crippen molar-refractivity contribution in [1.29, 1.82) is 0 Å². The highest BCUT2D eigenvalue weighted by molar-refractivity contribution is 6.02. The molecule has 0 bridgehead atoms. The highest BCUT2D eigenvalue weighted by Gasteiger charge is 2.35. The molecule has 2 unspecified atom stereocenters. The van der Waals surface area contributed by atoms with E-state index in [1.807, 2.05) is 26.1 Å². The number of rotatable bonds is 5. The van der Waals surface area contributed by atoms with Gasteiger partial charge < -0.3 is 19.7 Å². The maximum absolute atomic E-state index is 13.1. The standard InChI is InChI=1S/C22H33N3O4/c1-5-17(13-23-4)18-6-7-20-21(12-18)24(14-15(2)25(20)16(3)26)22(27)29-19-8-10-28-11-9-19/h6-7,12,15,17,19,23H,5,8-11,13-14H2,1-4H3. The molecule has 29 heavy (non-hydrogen) atoms. The van der Waals surface area contributed by atoms with E-state index in [4.69, 9.17) is 9.47 Å². The summed E-state index contributed by atoms with van der Waals surface area (Å²) in [6.07, 6.45) is 1.98. The summed E-state index contributed by atoms with van der Waals surface area (Å²) in [5, 5.41) is 3.24. The van der Waals surface area contributed by atoms with Gasteiger partial charge in [0.15, 0.2) is 0 Å². The first-order valence-electron chi connectivity index (χ1n) is 10.6. The number of hydrogen-bond donors (Lipinski definition) is 1. The van der Waals surface area contributed by atoms with E-state index in [0.29, 0.717) is 25.7 Å². The fraction of sp³-hybridized carbons (Fsp3) is 0.636. The molecule has 2 atom stereocenters. The van der Waals surface area contributed by atoms with Gasteiger partial charge in [-0.25, -0.2) is 4.79 Å². The molecule has 3 rings (SSSR count). The maximum atomic E-state index is 13.1. The summed E-state index contributed by atoms with van der Waals surface area (Å²) in [6.45, 7) is 8.20. The molecule has 1 aromatic rings. The van der Waals surface area contributed by atoms with E-state index in [-0.39, 0.29) is 24.1 Å². The molecule has 0 radical (unpaired) electrons. The number of amides is 2. The number of anilines is 2. The van der Waals surface area contributed by atoms with Gasteiger partial charge in [0, 0.05) is 32.9 Å². The van der Waals surface area contributed by atoms with Crippen LogP contribution < -0.4 is 15.1 Å². The largest absolute Gasteiger partial charge is 0.446 e. The summed E-state index contributed by atoms with van der Waals surface area (Å²) in [6, 6.07) is 5.97. The van der Waals surface area contributed by atoms with Gasteiger partial charge in [0.25, 0.3) is 0 Å². The minimum absolute atomic E-state index is 0.0220. The van der Waals surface area contributed by atoms with E-state index in [2.05, 4.69) is 18.3 Å². The van der Waals surface area contributed by atoms with E-state index in [0.717, 1.165) is 42.7 Å². The van der Waals surface area contributed by atoms with Crippen LogP contribution in [0.15, 0.2) is 18.2 Å². The second-order valence-electron chi connectivity index (χ2n) is 7.96. The van der Waals surface area contributed by atoms with E-state index in [9.17, 15) is 9.59 Å². The predicted molar refractivity (Wildman–Crippen MR) is 114 cm³/mol. The van der Waals surface area contributed by atoms with Gasteiger partial charge in [0.05, 0.1) is 30.6 Å². The molecule has 1 fully saturated rings. The van der Waals surface area contributed by atoms with Crippen LogP contribution in [-0.4, -0.2) is 57.5 Å². The summed E-state index contributed by atoms with van der Waals surface area (Å²) in [5.41, 5.74) is 2.67. The van der Waals surface area contributed by atoms with Crippen molar-refractivity contribution in [3.63, 3.8) is 0 Å². The highest BCUT2D eigenvalue weighted by Crippen LogP contribution is 2.39. The van der Waals surface area contributed by atoms with E-state index >= 15 is 0 Å². The molecule has 7 nitrogen and oxygen atoms in total. The zero-order valence-electron chi connectivity index (χ0n) is 17.9. The number of nitrogens with one attached hydrogen (secondary N) is 1. The highest BCUT2D eigenvalue weighted by atomic mass is 16.6. The van der Waals surface area contributed by atoms with Crippen LogP contribution in [0.25, 0.3) is 0 Å². The van der Waals surface area contributed by atoms with Crippen LogP contribution in [-0.2, 0) is 14.3 Å². The molecule has 160 valence electrons. The third kappa shape index (κ3) is 4.73. The Bertz CT molecular complexity index is 733. The number of benzene rings is 1. The van der Waals surface area contributed by atoms with Gasteiger partial charge in [-0.1, -0.05) is 13.0 Å². The lowest BCUT2D eigenvalue weighted by atomic mass is 9.94. The number of ether oxygens (including phenoxy) is 2. The lowest BCUT2D eigenvalue weighted by Gasteiger charge is -2.41. The fourth-order valence-electron chi connectivity index (χ4n) is 4.29. The van der Waals surface area contributed by atoms with Gasteiger partial charge in [0.1, 0.15) is 6.10 Å². The van der Waals surface area contributed by atoms with E-state index in [1.165, 1.54) is 0 Å². The SMILES string of the molecule is CCC(CNC)c1ccc2c(c1)N(C(=O)OC1CCOCC1)CC(C)N2C(C)=O. The second-order valence-corrected chi connectivity index (χ2v) is 7.96. The van der Waals surface area contributed by atoms with Crippen molar-refractivity contribution >= 4 is 23.4 Å². The molecule has 1 saturated heterocycles. The van der Waals surface area contributed by atoms with Crippen LogP contribution in [0.3, 0.4) is 0 Å². The zero-order valence-corrected chi connectivity index (χ0v) is 17.9. The Kier molecular flexibility index (Phi) is 7.14. The van der Waals surface area contributed by atoms with Gasteiger partial charge in [-0.2, -0.15) is 0 Å². The van der Waals surface area contributed by atoms with Gasteiger partial charge >= 0.3 is 6.09 Å². The van der Waals surface area contributed by atoms with Gasteiger partial charge in [-0.15, -0.1) is 0 Å². The third-order valence-corrected chi connectivity index (χ3v) is 5.85. The molecule has 0 aliphatic carbocycles. The number of carbonyl (C=O) groups is 2. The fourth-order valence-corrected chi connectivity index (χ4v) is 4.29. The van der Waals surface area contributed by atoms with Crippen molar-refractivity contribution in [2.45, 2.75) is 58.1 Å². The Morgan fingerprint density at radius 3 is 2.62 bits per heavy atom. The van der Waals surface area contributed by atoms with E-state index in [1.54, 1.807) is 16.7 Å². The average molecular weight is 404 g/mol. The summed E-state index contributed by atoms with van der Waals surface area (Å²) >= 11 is 0. The first-order chi connectivity index (χ1) is 14.0. The predicted octanol–water partition coefficient (Wildman–Crippen LogP) is 3.28. The lowest BCUT2D eigenvalue weighted by Crippen LogP contribution is -2.52. The number of fused-ring (bicyclic) bond motifs is 1. The first-order valence-corrected chi connectivity index (χ1v) is 10.6. The summed E-state index contributed by atoms with van der Waals surface area (Å²) in [4.78, 5) is 28.9. The molecule has 7 heteroatoms.